The minimum absolute atomic E-state index is 0.00472. The van der Waals surface area contributed by atoms with Gasteiger partial charge >= 0.3 is 0 Å². The van der Waals surface area contributed by atoms with Crippen LogP contribution < -0.4 is 0 Å². The van der Waals surface area contributed by atoms with E-state index in [9.17, 15) is 26.7 Å². The number of halogens is 5. The van der Waals surface area contributed by atoms with Crippen LogP contribution in [0.4, 0.5) is 22.0 Å². The Morgan fingerprint density at radius 2 is 1.97 bits per heavy atom. The van der Waals surface area contributed by atoms with Crippen molar-refractivity contribution in [3.63, 3.8) is 0 Å². The van der Waals surface area contributed by atoms with Gasteiger partial charge in [-0.05, 0) is 30.5 Å². The fourth-order valence-electron chi connectivity index (χ4n) is 3.73. The summed E-state index contributed by atoms with van der Waals surface area (Å²) in [5.74, 6) is -5.92. The molecule has 2 atom stereocenters. The Morgan fingerprint density at radius 1 is 1.20 bits per heavy atom. The monoisotopic (exact) mass is 425 g/mol. The van der Waals surface area contributed by atoms with Crippen LogP contribution in [0.5, 0.6) is 0 Å². The van der Waals surface area contributed by atoms with Crippen molar-refractivity contribution in [1.82, 2.24) is 24.5 Å². The summed E-state index contributed by atoms with van der Waals surface area (Å²) in [5, 5.41) is 4.04. The van der Waals surface area contributed by atoms with Gasteiger partial charge in [0.25, 0.3) is 18.1 Å². The second kappa shape index (κ2) is 7.62. The van der Waals surface area contributed by atoms with Crippen LogP contribution in [0.2, 0.25) is 0 Å². The topological polar surface area (TPSA) is 63.4 Å². The fraction of sp³-hybridized carbons (Fsp3) is 0.368. The Bertz CT molecular complexity index is 1120. The van der Waals surface area contributed by atoms with E-state index in [0.29, 0.717) is 18.2 Å². The molecule has 1 aliphatic heterocycles. The average Bonchev–Trinajstić information content (AvgIpc) is 3.20. The van der Waals surface area contributed by atoms with Crippen LogP contribution in [-0.4, -0.2) is 43.5 Å². The van der Waals surface area contributed by atoms with Crippen LogP contribution in [0.3, 0.4) is 0 Å². The second-order valence-corrected chi connectivity index (χ2v) is 7.22. The number of alkyl halides is 2. The van der Waals surface area contributed by atoms with Crippen LogP contribution in [0.1, 0.15) is 47.4 Å². The summed E-state index contributed by atoms with van der Waals surface area (Å²) in [6.07, 6.45) is -1.14. The number of rotatable bonds is 3. The third kappa shape index (κ3) is 3.37. The lowest BCUT2D eigenvalue weighted by atomic mass is 9.84. The first kappa shape index (κ1) is 20.2. The first-order valence-electron chi connectivity index (χ1n) is 9.19. The molecule has 0 N–H and O–H groups in total. The van der Waals surface area contributed by atoms with E-state index in [1.807, 2.05) is 6.92 Å². The van der Waals surface area contributed by atoms with E-state index in [0.717, 1.165) is 6.07 Å². The Morgan fingerprint density at radius 3 is 2.70 bits per heavy atom. The number of piperidine rings is 1. The summed E-state index contributed by atoms with van der Waals surface area (Å²) in [4.78, 5) is 21.7. The fourth-order valence-corrected chi connectivity index (χ4v) is 3.73. The van der Waals surface area contributed by atoms with E-state index in [4.69, 9.17) is 0 Å². The quantitative estimate of drug-likeness (QED) is 0.474. The van der Waals surface area contributed by atoms with E-state index in [1.165, 1.54) is 21.8 Å². The standard InChI is InChI=1S/C19H16F5N5O/c1-9-4-5-28(18(30)10-2-3-12(20)16(22)15(10)21)7-11(9)14-6-13(17(23)24)27-19-25-8-26-29(14)19/h2-3,6,8-9,11,17H,4-5,7H2,1H3/t9?,11-/m1/s1. The SMILES string of the molecule is CC1CCN(C(=O)c2ccc(F)c(F)c2F)C[C@H]1c1cc(C(F)F)nc2ncnn12. The van der Waals surface area contributed by atoms with Gasteiger partial charge in [-0.1, -0.05) is 6.92 Å². The largest absolute Gasteiger partial charge is 0.338 e. The molecule has 2 aromatic heterocycles. The number of amides is 1. The highest BCUT2D eigenvalue weighted by Gasteiger charge is 2.34. The number of carbonyl (C=O) groups excluding carboxylic acids is 1. The molecule has 30 heavy (non-hydrogen) atoms. The minimum atomic E-state index is -2.82. The molecule has 0 bridgehead atoms. The molecule has 0 spiro atoms. The third-order valence-corrected chi connectivity index (χ3v) is 5.41. The molecule has 0 saturated carbocycles. The molecule has 1 fully saturated rings. The Labute approximate surface area is 167 Å². The van der Waals surface area contributed by atoms with Crippen LogP contribution in [0.15, 0.2) is 24.5 Å². The summed E-state index contributed by atoms with van der Waals surface area (Å²) in [6.45, 7) is 2.21. The number of likely N-dealkylation sites (tertiary alicyclic amines) is 1. The van der Waals surface area contributed by atoms with E-state index in [-0.39, 0.29) is 24.8 Å². The van der Waals surface area contributed by atoms with Crippen molar-refractivity contribution in [1.29, 1.82) is 0 Å². The summed E-state index contributed by atoms with van der Waals surface area (Å²) in [7, 11) is 0. The zero-order valence-electron chi connectivity index (χ0n) is 15.7. The molecule has 3 heterocycles. The number of fused-ring (bicyclic) bond motifs is 1. The summed E-state index contributed by atoms with van der Waals surface area (Å²) >= 11 is 0. The van der Waals surface area contributed by atoms with Gasteiger partial charge in [0.15, 0.2) is 17.5 Å². The first-order chi connectivity index (χ1) is 14.3. The molecular formula is C19H16F5N5O. The van der Waals surface area contributed by atoms with Crippen molar-refractivity contribution in [3.05, 3.63) is 58.9 Å². The maximum Gasteiger partial charge on any atom is 0.280 e. The van der Waals surface area contributed by atoms with Crippen molar-refractivity contribution in [3.8, 4) is 0 Å². The van der Waals surface area contributed by atoms with Crippen LogP contribution >= 0.6 is 0 Å². The molecule has 0 radical (unpaired) electrons. The normalized spacial score (nSPS) is 19.6. The summed E-state index contributed by atoms with van der Waals surface area (Å²) in [5.41, 5.74) is -0.660. The number of nitrogens with zero attached hydrogens (tertiary/aromatic N) is 5. The highest BCUT2D eigenvalue weighted by molar-refractivity contribution is 5.94. The molecule has 158 valence electrons. The number of aromatic nitrogens is 4. The molecule has 3 aromatic rings. The Hall–Kier alpha value is -3.11. The van der Waals surface area contributed by atoms with E-state index in [1.54, 1.807) is 0 Å². The maximum atomic E-state index is 14.1. The molecule has 11 heteroatoms. The number of benzene rings is 1. The lowest BCUT2D eigenvalue weighted by molar-refractivity contribution is 0.0659. The van der Waals surface area contributed by atoms with E-state index < -0.39 is 47.0 Å². The van der Waals surface area contributed by atoms with Gasteiger partial charge in [0.05, 0.1) is 11.3 Å². The van der Waals surface area contributed by atoms with Gasteiger partial charge in [0.2, 0.25) is 0 Å². The van der Waals surface area contributed by atoms with Crippen molar-refractivity contribution in [2.75, 3.05) is 13.1 Å². The smallest absolute Gasteiger partial charge is 0.280 e. The molecule has 0 aliphatic carbocycles. The maximum absolute atomic E-state index is 14.1. The molecule has 1 unspecified atom stereocenters. The van der Waals surface area contributed by atoms with Crippen molar-refractivity contribution < 1.29 is 26.7 Å². The average molecular weight is 425 g/mol. The summed E-state index contributed by atoms with van der Waals surface area (Å²) < 4.78 is 68.8. The molecule has 6 nitrogen and oxygen atoms in total. The molecular weight excluding hydrogens is 409 g/mol. The zero-order chi connectivity index (χ0) is 21.6. The van der Waals surface area contributed by atoms with Gasteiger partial charge < -0.3 is 4.90 Å². The second-order valence-electron chi connectivity index (χ2n) is 7.22. The van der Waals surface area contributed by atoms with Crippen molar-refractivity contribution in [2.24, 2.45) is 5.92 Å². The zero-order valence-corrected chi connectivity index (χ0v) is 15.7. The van der Waals surface area contributed by atoms with Gasteiger partial charge in [0, 0.05) is 19.0 Å². The van der Waals surface area contributed by atoms with Crippen molar-refractivity contribution >= 4 is 11.7 Å². The summed E-state index contributed by atoms with van der Waals surface area (Å²) in [6, 6.07) is 2.80. The molecule has 1 aromatic carbocycles. The lowest BCUT2D eigenvalue weighted by Crippen LogP contribution is -2.43. The van der Waals surface area contributed by atoms with Crippen LogP contribution in [-0.2, 0) is 0 Å². The highest BCUT2D eigenvalue weighted by atomic mass is 19.3. The van der Waals surface area contributed by atoms with Crippen LogP contribution in [0.25, 0.3) is 5.78 Å². The Kier molecular flexibility index (Phi) is 5.12. The number of carbonyl (C=O) groups is 1. The van der Waals surface area contributed by atoms with Gasteiger partial charge in [-0.15, -0.1) is 0 Å². The van der Waals surface area contributed by atoms with Gasteiger partial charge in [-0.3, -0.25) is 4.79 Å². The van der Waals surface area contributed by atoms with Crippen LogP contribution in [0, 0.1) is 23.4 Å². The third-order valence-electron chi connectivity index (χ3n) is 5.41. The molecule has 1 aliphatic rings. The van der Waals surface area contributed by atoms with Crippen molar-refractivity contribution in [2.45, 2.75) is 25.7 Å². The van der Waals surface area contributed by atoms with Gasteiger partial charge in [-0.25, -0.2) is 31.5 Å². The van der Waals surface area contributed by atoms with E-state index >= 15 is 0 Å². The number of hydrogen-bond acceptors (Lipinski definition) is 4. The minimum Gasteiger partial charge on any atom is -0.338 e. The predicted octanol–water partition coefficient (Wildman–Crippen LogP) is 3.75. The molecule has 4 rings (SSSR count). The number of hydrogen-bond donors (Lipinski definition) is 0. The molecule has 1 amide bonds. The Balaban J connectivity index is 1.70. The van der Waals surface area contributed by atoms with Gasteiger partial charge in [0.1, 0.15) is 12.0 Å². The van der Waals surface area contributed by atoms with E-state index in [2.05, 4.69) is 15.1 Å². The molecule has 1 saturated heterocycles. The first-order valence-corrected chi connectivity index (χ1v) is 9.19. The predicted molar refractivity (Wildman–Crippen MR) is 94.5 cm³/mol. The lowest BCUT2D eigenvalue weighted by Gasteiger charge is -2.37. The highest BCUT2D eigenvalue weighted by Crippen LogP contribution is 2.34. The van der Waals surface area contributed by atoms with Gasteiger partial charge in [-0.2, -0.15) is 10.1 Å².